The molecule has 118 valence electrons. The molecule has 1 aromatic carbocycles. The summed E-state index contributed by atoms with van der Waals surface area (Å²) in [6.45, 7) is 9.42. The summed E-state index contributed by atoms with van der Waals surface area (Å²) in [7, 11) is -1.57. The molecular formula is C16H26N2O2S. The van der Waals surface area contributed by atoms with Crippen LogP contribution < -0.4 is 10.0 Å². The second-order valence-electron chi connectivity index (χ2n) is 6.82. The molecule has 1 atom stereocenters. The molecule has 0 spiro atoms. The van der Waals surface area contributed by atoms with Crippen LogP contribution in [0.5, 0.6) is 0 Å². The number of benzene rings is 1. The maximum absolute atomic E-state index is 12.5. The molecule has 1 saturated carbocycles. The monoisotopic (exact) mass is 310 g/mol. The number of nitrogens with one attached hydrogen (secondary N) is 2. The predicted octanol–water partition coefficient (Wildman–Crippen LogP) is 2.35. The fourth-order valence-electron chi connectivity index (χ4n) is 2.76. The van der Waals surface area contributed by atoms with Crippen molar-refractivity contribution in [2.75, 3.05) is 13.6 Å². The maximum Gasteiger partial charge on any atom is 0.240 e. The summed E-state index contributed by atoms with van der Waals surface area (Å²) in [6, 6.07) is 3.74. The van der Waals surface area contributed by atoms with Gasteiger partial charge in [-0.05, 0) is 61.4 Å². The molecule has 5 heteroatoms. The van der Waals surface area contributed by atoms with Crippen LogP contribution >= 0.6 is 0 Å². The second-order valence-corrected chi connectivity index (χ2v) is 8.55. The van der Waals surface area contributed by atoms with Gasteiger partial charge in [0.15, 0.2) is 0 Å². The van der Waals surface area contributed by atoms with E-state index in [1.165, 1.54) is 0 Å². The summed E-state index contributed by atoms with van der Waals surface area (Å²) in [4.78, 5) is 0.400. The lowest BCUT2D eigenvalue weighted by Crippen LogP contribution is -2.27. The Morgan fingerprint density at radius 1 is 1.24 bits per heavy atom. The third kappa shape index (κ3) is 3.65. The molecule has 0 aliphatic heterocycles. The van der Waals surface area contributed by atoms with Crippen molar-refractivity contribution in [1.29, 1.82) is 0 Å². The van der Waals surface area contributed by atoms with Gasteiger partial charge in [-0.3, -0.25) is 0 Å². The van der Waals surface area contributed by atoms with Gasteiger partial charge in [0.05, 0.1) is 4.90 Å². The summed E-state index contributed by atoms with van der Waals surface area (Å²) in [5, 5.41) is 3.08. The van der Waals surface area contributed by atoms with Crippen molar-refractivity contribution >= 4 is 10.0 Å². The smallest absolute Gasteiger partial charge is 0.240 e. The summed E-state index contributed by atoms with van der Waals surface area (Å²) in [6.07, 6.45) is 1.09. The summed E-state index contributed by atoms with van der Waals surface area (Å²) >= 11 is 0. The molecule has 1 aliphatic rings. The first-order chi connectivity index (χ1) is 9.67. The van der Waals surface area contributed by atoms with Crippen LogP contribution in [0, 0.1) is 25.2 Å². The zero-order valence-corrected chi connectivity index (χ0v) is 14.4. The minimum absolute atomic E-state index is 0.280. The Morgan fingerprint density at radius 2 is 1.86 bits per heavy atom. The lowest BCUT2D eigenvalue weighted by molar-refractivity contribution is 0.537. The van der Waals surface area contributed by atoms with E-state index in [1.54, 1.807) is 6.07 Å². The molecule has 2 N–H and O–H groups in total. The van der Waals surface area contributed by atoms with Gasteiger partial charge in [-0.15, -0.1) is 0 Å². The lowest BCUT2D eigenvalue weighted by Gasteiger charge is -2.14. The van der Waals surface area contributed by atoms with Crippen LogP contribution in [0.4, 0.5) is 0 Å². The van der Waals surface area contributed by atoms with Crippen molar-refractivity contribution in [3.63, 3.8) is 0 Å². The van der Waals surface area contributed by atoms with Gasteiger partial charge in [0.2, 0.25) is 10.0 Å². The average Bonchev–Trinajstić information content (AvgIpc) is 2.98. The third-order valence-electron chi connectivity index (χ3n) is 4.53. The quantitative estimate of drug-likeness (QED) is 0.848. The minimum Gasteiger partial charge on any atom is -0.316 e. The van der Waals surface area contributed by atoms with Gasteiger partial charge in [-0.25, -0.2) is 13.1 Å². The largest absolute Gasteiger partial charge is 0.316 e. The molecule has 2 rings (SSSR count). The van der Waals surface area contributed by atoms with Crippen molar-refractivity contribution in [2.24, 2.45) is 11.3 Å². The molecule has 0 radical (unpaired) electrons. The molecule has 1 aromatic rings. The zero-order valence-electron chi connectivity index (χ0n) is 13.6. The first kappa shape index (κ1) is 16.5. The number of hydrogen-bond donors (Lipinski definition) is 2. The molecule has 0 saturated heterocycles. The molecule has 0 amide bonds. The Labute approximate surface area is 128 Å². The summed E-state index contributed by atoms with van der Waals surface area (Å²) < 4.78 is 27.8. The second kappa shape index (κ2) is 5.71. The Morgan fingerprint density at radius 3 is 2.38 bits per heavy atom. The van der Waals surface area contributed by atoms with Crippen LogP contribution in [-0.2, 0) is 16.6 Å². The van der Waals surface area contributed by atoms with Crippen LogP contribution in [-0.4, -0.2) is 22.0 Å². The van der Waals surface area contributed by atoms with E-state index in [9.17, 15) is 8.42 Å². The highest BCUT2D eigenvalue weighted by Gasteiger charge is 2.45. The molecule has 1 unspecified atom stereocenters. The predicted molar refractivity (Wildman–Crippen MR) is 85.8 cm³/mol. The molecule has 0 aromatic heterocycles. The fraction of sp³-hybridized carbons (Fsp3) is 0.625. The van der Waals surface area contributed by atoms with E-state index < -0.39 is 10.0 Å². The number of rotatable bonds is 6. The molecular weight excluding hydrogens is 284 g/mol. The molecule has 1 fully saturated rings. The maximum atomic E-state index is 12.5. The summed E-state index contributed by atoms with van der Waals surface area (Å²) in [5.74, 6) is 0.454. The topological polar surface area (TPSA) is 58.2 Å². The molecule has 4 nitrogen and oxygen atoms in total. The van der Waals surface area contributed by atoms with E-state index in [1.807, 2.05) is 27.0 Å². The molecule has 1 aliphatic carbocycles. The Kier molecular flexibility index (Phi) is 4.47. The lowest BCUT2D eigenvalue weighted by atomic mass is 10.1. The van der Waals surface area contributed by atoms with E-state index >= 15 is 0 Å². The van der Waals surface area contributed by atoms with Crippen molar-refractivity contribution in [1.82, 2.24) is 10.0 Å². The van der Waals surface area contributed by atoms with Gasteiger partial charge in [0.25, 0.3) is 0 Å². The highest BCUT2D eigenvalue weighted by Crippen LogP contribution is 2.51. The van der Waals surface area contributed by atoms with Crippen molar-refractivity contribution in [2.45, 2.75) is 45.6 Å². The van der Waals surface area contributed by atoms with Crippen LogP contribution in [0.3, 0.4) is 0 Å². The first-order valence-electron chi connectivity index (χ1n) is 7.42. The van der Waals surface area contributed by atoms with Crippen LogP contribution in [0.25, 0.3) is 0 Å². The van der Waals surface area contributed by atoms with Crippen molar-refractivity contribution in [3.05, 3.63) is 28.8 Å². The third-order valence-corrected chi connectivity index (χ3v) is 6.09. The normalized spacial score (nSPS) is 20.5. The van der Waals surface area contributed by atoms with Crippen LogP contribution in [0.15, 0.2) is 17.0 Å². The molecule has 0 bridgehead atoms. The van der Waals surface area contributed by atoms with Gasteiger partial charge in [-0.2, -0.15) is 0 Å². The van der Waals surface area contributed by atoms with Crippen molar-refractivity contribution in [3.8, 4) is 0 Å². The van der Waals surface area contributed by atoms with Crippen LogP contribution in [0.2, 0.25) is 0 Å². The Bertz CT molecular complexity index is 636. The Hall–Kier alpha value is -0.910. The number of aryl methyl sites for hydroxylation is 2. The number of sulfonamides is 1. The van der Waals surface area contributed by atoms with E-state index in [4.69, 9.17) is 0 Å². The molecule has 21 heavy (non-hydrogen) atoms. The van der Waals surface area contributed by atoms with Gasteiger partial charge >= 0.3 is 0 Å². The van der Waals surface area contributed by atoms with E-state index in [2.05, 4.69) is 23.9 Å². The van der Waals surface area contributed by atoms with E-state index in [-0.39, 0.29) is 5.41 Å². The van der Waals surface area contributed by atoms with Crippen LogP contribution in [0.1, 0.15) is 37.0 Å². The standard InChI is InChI=1S/C16H26N2O2S/c1-11-6-12(2)15(7-13(11)9-17-5)21(19,20)18-10-14-8-16(14,3)4/h6-7,14,17-18H,8-10H2,1-5H3. The average molecular weight is 310 g/mol. The molecule has 0 heterocycles. The number of hydrogen-bond acceptors (Lipinski definition) is 3. The highest BCUT2D eigenvalue weighted by molar-refractivity contribution is 7.89. The first-order valence-corrected chi connectivity index (χ1v) is 8.90. The van der Waals surface area contributed by atoms with Gasteiger partial charge in [0, 0.05) is 13.1 Å². The van der Waals surface area contributed by atoms with Gasteiger partial charge in [-0.1, -0.05) is 19.9 Å². The SMILES string of the molecule is CNCc1cc(S(=O)(=O)NCC2CC2(C)C)c(C)cc1C. The summed E-state index contributed by atoms with van der Waals surface area (Å²) in [5.41, 5.74) is 3.22. The highest BCUT2D eigenvalue weighted by atomic mass is 32.2. The Balaban J connectivity index is 2.21. The van der Waals surface area contributed by atoms with E-state index in [0.717, 1.165) is 23.1 Å². The van der Waals surface area contributed by atoms with Gasteiger partial charge in [0.1, 0.15) is 0 Å². The fourth-order valence-corrected chi connectivity index (χ4v) is 4.11. The van der Waals surface area contributed by atoms with E-state index in [0.29, 0.717) is 23.9 Å². The van der Waals surface area contributed by atoms with Gasteiger partial charge < -0.3 is 5.32 Å². The minimum atomic E-state index is -3.43. The van der Waals surface area contributed by atoms with Crippen molar-refractivity contribution < 1.29 is 8.42 Å². The zero-order chi connectivity index (χ0) is 15.8.